The van der Waals surface area contributed by atoms with Gasteiger partial charge in [-0.05, 0) is 34.7 Å². The Labute approximate surface area is 175 Å². The summed E-state index contributed by atoms with van der Waals surface area (Å²) in [6.07, 6.45) is 0.442. The Bertz CT molecular complexity index is 1500. The highest BCUT2D eigenvalue weighted by atomic mass is 32.1. The quantitative estimate of drug-likeness (QED) is 0.432. The van der Waals surface area contributed by atoms with E-state index in [1.165, 1.54) is 0 Å². The van der Waals surface area contributed by atoms with Crippen molar-refractivity contribution >= 4 is 33.0 Å². The minimum atomic E-state index is -0.273. The standard InChI is InChI=1S/C24H18N2O3S/c27-22-21(30-24(29)25-22)13-16-10-11-20-19(12-16)17-8-4-5-9-18(17)23(28)26(20)14-15-6-2-1-3-7-15/h1-12,27H,13-14H2,(H,25,29). The van der Waals surface area contributed by atoms with Crippen LogP contribution < -0.4 is 10.4 Å². The lowest BCUT2D eigenvalue weighted by Gasteiger charge is -2.14. The maximum atomic E-state index is 13.3. The number of aromatic hydroxyl groups is 1. The van der Waals surface area contributed by atoms with Gasteiger partial charge in [0.2, 0.25) is 5.88 Å². The average Bonchev–Trinajstić information content (AvgIpc) is 3.08. The van der Waals surface area contributed by atoms with Crippen LogP contribution in [0.4, 0.5) is 0 Å². The predicted molar refractivity (Wildman–Crippen MR) is 121 cm³/mol. The van der Waals surface area contributed by atoms with Crippen molar-refractivity contribution in [2.45, 2.75) is 13.0 Å². The summed E-state index contributed by atoms with van der Waals surface area (Å²) in [6.45, 7) is 0.487. The molecule has 0 amide bonds. The molecule has 0 saturated heterocycles. The van der Waals surface area contributed by atoms with Crippen LogP contribution >= 0.6 is 11.3 Å². The van der Waals surface area contributed by atoms with E-state index in [2.05, 4.69) is 4.98 Å². The lowest BCUT2D eigenvalue weighted by Crippen LogP contribution is -2.21. The van der Waals surface area contributed by atoms with Gasteiger partial charge in [0, 0.05) is 17.2 Å². The molecule has 5 rings (SSSR count). The van der Waals surface area contributed by atoms with Gasteiger partial charge in [-0.2, -0.15) is 0 Å². The van der Waals surface area contributed by atoms with Gasteiger partial charge in [0.25, 0.3) is 5.56 Å². The molecule has 6 heteroatoms. The van der Waals surface area contributed by atoms with Crippen molar-refractivity contribution in [3.8, 4) is 5.88 Å². The number of nitrogens with zero attached hydrogens (tertiary/aromatic N) is 1. The second-order valence-electron chi connectivity index (χ2n) is 7.24. The molecule has 0 atom stereocenters. The summed E-state index contributed by atoms with van der Waals surface area (Å²) in [6, 6.07) is 23.5. The van der Waals surface area contributed by atoms with Crippen LogP contribution in [0.1, 0.15) is 16.0 Å². The van der Waals surface area contributed by atoms with Crippen molar-refractivity contribution in [3.63, 3.8) is 0 Å². The summed E-state index contributed by atoms with van der Waals surface area (Å²) in [5, 5.41) is 12.5. The number of thiazole rings is 1. The summed E-state index contributed by atoms with van der Waals surface area (Å²) in [5.74, 6) is -0.0796. The molecule has 2 aromatic heterocycles. The summed E-state index contributed by atoms with van der Waals surface area (Å²) in [5.41, 5.74) is 2.86. The van der Waals surface area contributed by atoms with Crippen LogP contribution in [0.25, 0.3) is 21.7 Å². The molecule has 2 heterocycles. The number of nitrogens with one attached hydrogen (secondary N) is 1. The summed E-state index contributed by atoms with van der Waals surface area (Å²) in [7, 11) is 0. The number of H-pyrrole nitrogens is 1. The lowest BCUT2D eigenvalue weighted by atomic mass is 10.0. The van der Waals surface area contributed by atoms with Crippen molar-refractivity contribution in [1.82, 2.24) is 9.55 Å². The molecule has 0 saturated carbocycles. The molecule has 0 radical (unpaired) electrons. The first-order valence-electron chi connectivity index (χ1n) is 9.59. The number of benzene rings is 3. The maximum absolute atomic E-state index is 13.3. The molecule has 0 aliphatic rings. The second-order valence-corrected chi connectivity index (χ2v) is 8.30. The lowest BCUT2D eigenvalue weighted by molar-refractivity contribution is 0.451. The highest BCUT2D eigenvalue weighted by Gasteiger charge is 2.13. The highest BCUT2D eigenvalue weighted by molar-refractivity contribution is 7.09. The summed E-state index contributed by atoms with van der Waals surface area (Å²) < 4.78 is 1.81. The molecule has 0 aliphatic carbocycles. The average molecular weight is 414 g/mol. The van der Waals surface area contributed by atoms with Crippen LogP contribution in [0.5, 0.6) is 5.88 Å². The normalized spacial score (nSPS) is 11.3. The first-order chi connectivity index (χ1) is 14.6. The van der Waals surface area contributed by atoms with Gasteiger partial charge in [0.1, 0.15) is 0 Å². The monoisotopic (exact) mass is 414 g/mol. The molecule has 0 aliphatic heterocycles. The van der Waals surface area contributed by atoms with E-state index >= 15 is 0 Å². The fourth-order valence-corrected chi connectivity index (χ4v) is 4.64. The Morgan fingerprint density at radius 3 is 2.30 bits per heavy atom. The van der Waals surface area contributed by atoms with Crippen LogP contribution in [0.2, 0.25) is 0 Å². The molecule has 0 bridgehead atoms. The SMILES string of the molecule is O=c1[nH]c(O)c(Cc2ccc3c(c2)c2ccccc2c(=O)n3Cc2ccccc2)s1. The van der Waals surface area contributed by atoms with Crippen molar-refractivity contribution in [1.29, 1.82) is 0 Å². The molecular formula is C24H18N2O3S. The minimum Gasteiger partial charge on any atom is -0.494 e. The van der Waals surface area contributed by atoms with Crippen molar-refractivity contribution < 1.29 is 5.11 Å². The summed E-state index contributed by atoms with van der Waals surface area (Å²) in [4.78, 5) is 27.5. The van der Waals surface area contributed by atoms with E-state index in [9.17, 15) is 14.7 Å². The number of hydrogen-bond donors (Lipinski definition) is 2. The first kappa shape index (κ1) is 18.4. The van der Waals surface area contributed by atoms with Crippen LogP contribution in [0.15, 0.2) is 82.4 Å². The van der Waals surface area contributed by atoms with Gasteiger partial charge in [0.15, 0.2) is 0 Å². The largest absolute Gasteiger partial charge is 0.494 e. The summed E-state index contributed by atoms with van der Waals surface area (Å²) >= 11 is 1.01. The molecular weight excluding hydrogens is 396 g/mol. The minimum absolute atomic E-state index is 0.0174. The molecule has 0 unspecified atom stereocenters. The fourth-order valence-electron chi connectivity index (χ4n) is 3.88. The van der Waals surface area contributed by atoms with E-state index in [0.717, 1.165) is 38.8 Å². The molecule has 5 nitrogen and oxygen atoms in total. The predicted octanol–water partition coefficient (Wildman–Crippen LogP) is 4.25. The molecule has 148 valence electrons. The number of pyridine rings is 1. The molecule has 0 spiro atoms. The highest BCUT2D eigenvalue weighted by Crippen LogP contribution is 2.27. The van der Waals surface area contributed by atoms with Crippen molar-refractivity contribution in [2.75, 3.05) is 0 Å². The van der Waals surface area contributed by atoms with Gasteiger partial charge in [-0.15, -0.1) is 0 Å². The molecule has 3 aromatic carbocycles. The van der Waals surface area contributed by atoms with Crippen LogP contribution in [-0.4, -0.2) is 14.7 Å². The third-order valence-corrected chi connectivity index (χ3v) is 6.16. The Kier molecular flexibility index (Phi) is 4.48. The van der Waals surface area contributed by atoms with E-state index in [0.29, 0.717) is 23.2 Å². The van der Waals surface area contributed by atoms with E-state index in [-0.39, 0.29) is 16.3 Å². The first-order valence-corrected chi connectivity index (χ1v) is 10.4. The van der Waals surface area contributed by atoms with E-state index in [4.69, 9.17) is 0 Å². The zero-order valence-corrected chi connectivity index (χ0v) is 16.8. The van der Waals surface area contributed by atoms with Crippen LogP contribution in [0.3, 0.4) is 0 Å². The topological polar surface area (TPSA) is 75.1 Å². The van der Waals surface area contributed by atoms with E-state index in [1.54, 1.807) is 0 Å². The van der Waals surface area contributed by atoms with Crippen LogP contribution in [-0.2, 0) is 13.0 Å². The Morgan fingerprint density at radius 1 is 0.833 bits per heavy atom. The molecule has 5 aromatic rings. The maximum Gasteiger partial charge on any atom is 0.307 e. The van der Waals surface area contributed by atoms with E-state index in [1.807, 2.05) is 77.4 Å². The Morgan fingerprint density at radius 2 is 1.57 bits per heavy atom. The fraction of sp³-hybridized carbons (Fsp3) is 0.0833. The number of fused-ring (bicyclic) bond motifs is 3. The smallest absolute Gasteiger partial charge is 0.307 e. The van der Waals surface area contributed by atoms with Crippen molar-refractivity contribution in [2.24, 2.45) is 0 Å². The third kappa shape index (κ3) is 3.21. The van der Waals surface area contributed by atoms with Crippen LogP contribution in [0, 0.1) is 0 Å². The Balaban J connectivity index is 1.72. The van der Waals surface area contributed by atoms with Gasteiger partial charge in [-0.3, -0.25) is 14.6 Å². The van der Waals surface area contributed by atoms with Crippen molar-refractivity contribution in [3.05, 3.63) is 109 Å². The molecule has 0 fully saturated rings. The van der Waals surface area contributed by atoms with Gasteiger partial charge in [-0.25, -0.2) is 0 Å². The number of aromatic nitrogens is 2. The molecule has 2 N–H and O–H groups in total. The number of hydrogen-bond acceptors (Lipinski definition) is 4. The van der Waals surface area contributed by atoms with E-state index < -0.39 is 0 Å². The molecule has 30 heavy (non-hydrogen) atoms. The number of rotatable bonds is 4. The number of aromatic amines is 1. The zero-order chi connectivity index (χ0) is 20.7. The zero-order valence-electron chi connectivity index (χ0n) is 16.0. The van der Waals surface area contributed by atoms with Gasteiger partial charge < -0.3 is 9.67 Å². The van der Waals surface area contributed by atoms with Gasteiger partial charge >= 0.3 is 4.87 Å². The third-order valence-electron chi connectivity index (χ3n) is 5.29. The second kappa shape index (κ2) is 7.31. The van der Waals surface area contributed by atoms with Gasteiger partial charge in [0.05, 0.1) is 16.9 Å². The Hall–Kier alpha value is -3.64. The van der Waals surface area contributed by atoms with Gasteiger partial charge in [-0.1, -0.05) is 65.9 Å².